The Morgan fingerprint density at radius 3 is 2.71 bits per heavy atom. The van der Waals surface area contributed by atoms with Crippen LogP contribution in [0, 0.1) is 6.92 Å². The number of hydrogen-bond donors (Lipinski definition) is 1. The van der Waals surface area contributed by atoms with E-state index in [-0.39, 0.29) is 11.6 Å². The maximum atomic E-state index is 12.2. The minimum atomic E-state index is -0.333. The van der Waals surface area contributed by atoms with Crippen LogP contribution < -0.4 is 5.32 Å². The number of hydrogen-bond acceptors (Lipinski definition) is 3. The van der Waals surface area contributed by atoms with Crippen LogP contribution in [0.15, 0.2) is 48.5 Å². The molecule has 0 unspecified atom stereocenters. The number of nitrogens with one attached hydrogen (secondary N) is 1. The molecule has 21 heavy (non-hydrogen) atoms. The molecule has 0 bridgehead atoms. The fraction of sp³-hybridized carbons (Fsp3) is 0.0625. The average Bonchev–Trinajstić information content (AvgIpc) is 2.47. The fourth-order valence-electron chi connectivity index (χ4n) is 2.07. The molecule has 0 aliphatic carbocycles. The maximum Gasteiger partial charge on any atom is 0.275 e. The SMILES string of the molecule is Cc1cccc(NC(=O)c2cc3ccccc3c(Cl)n2)n1. The first-order valence-electron chi connectivity index (χ1n) is 6.44. The number of anilines is 1. The first-order chi connectivity index (χ1) is 10.1. The summed E-state index contributed by atoms with van der Waals surface area (Å²) in [6, 6.07) is 14.7. The number of carbonyl (C=O) groups excluding carboxylic acids is 1. The van der Waals surface area contributed by atoms with Crippen molar-refractivity contribution in [1.82, 2.24) is 9.97 Å². The van der Waals surface area contributed by atoms with E-state index in [1.54, 1.807) is 12.1 Å². The van der Waals surface area contributed by atoms with Gasteiger partial charge in [-0.1, -0.05) is 41.9 Å². The first-order valence-corrected chi connectivity index (χ1v) is 6.81. The van der Waals surface area contributed by atoms with Gasteiger partial charge < -0.3 is 5.32 Å². The summed E-state index contributed by atoms with van der Waals surface area (Å²) in [5.74, 6) is 0.159. The molecule has 0 aliphatic rings. The van der Waals surface area contributed by atoms with Crippen molar-refractivity contribution in [3.05, 3.63) is 65.1 Å². The van der Waals surface area contributed by atoms with E-state index in [4.69, 9.17) is 11.6 Å². The second-order valence-corrected chi connectivity index (χ2v) is 5.00. The summed E-state index contributed by atoms with van der Waals surface area (Å²) in [5.41, 5.74) is 1.10. The fourth-order valence-corrected chi connectivity index (χ4v) is 2.33. The zero-order valence-corrected chi connectivity index (χ0v) is 12.1. The van der Waals surface area contributed by atoms with Crippen LogP contribution in [-0.2, 0) is 0 Å². The lowest BCUT2D eigenvalue weighted by Crippen LogP contribution is -2.15. The average molecular weight is 298 g/mol. The minimum Gasteiger partial charge on any atom is -0.305 e. The Kier molecular flexibility index (Phi) is 3.54. The molecule has 2 heterocycles. The Bertz CT molecular complexity index is 833. The molecule has 4 nitrogen and oxygen atoms in total. The van der Waals surface area contributed by atoms with Gasteiger partial charge in [-0.15, -0.1) is 0 Å². The molecule has 3 rings (SSSR count). The van der Waals surface area contributed by atoms with Crippen LogP contribution in [0.5, 0.6) is 0 Å². The normalized spacial score (nSPS) is 10.6. The number of aryl methyl sites for hydroxylation is 1. The van der Waals surface area contributed by atoms with Gasteiger partial charge >= 0.3 is 0 Å². The molecule has 5 heteroatoms. The highest BCUT2D eigenvalue weighted by Crippen LogP contribution is 2.22. The molecule has 1 amide bonds. The summed E-state index contributed by atoms with van der Waals surface area (Å²) in [7, 11) is 0. The van der Waals surface area contributed by atoms with Crippen molar-refractivity contribution in [2.24, 2.45) is 0 Å². The number of pyridine rings is 2. The van der Waals surface area contributed by atoms with E-state index in [2.05, 4.69) is 15.3 Å². The molecular formula is C16H12ClN3O. The maximum absolute atomic E-state index is 12.2. The van der Waals surface area contributed by atoms with Crippen molar-refractivity contribution in [2.45, 2.75) is 6.92 Å². The van der Waals surface area contributed by atoms with Gasteiger partial charge in [0.15, 0.2) is 0 Å². The molecule has 0 fully saturated rings. The van der Waals surface area contributed by atoms with Gasteiger partial charge in [-0.3, -0.25) is 4.79 Å². The zero-order valence-electron chi connectivity index (χ0n) is 11.3. The van der Waals surface area contributed by atoms with Gasteiger partial charge in [0, 0.05) is 11.1 Å². The standard InChI is InChI=1S/C16H12ClN3O/c1-10-5-4-8-14(18-10)20-16(21)13-9-11-6-2-3-7-12(11)15(17)19-13/h2-9H,1H3,(H,18,20,21). The Morgan fingerprint density at radius 1 is 1.10 bits per heavy atom. The number of halogens is 1. The van der Waals surface area contributed by atoms with Crippen LogP contribution in [0.3, 0.4) is 0 Å². The Balaban J connectivity index is 1.94. The van der Waals surface area contributed by atoms with Gasteiger partial charge in [-0.05, 0) is 30.5 Å². The van der Waals surface area contributed by atoms with E-state index in [1.165, 1.54) is 0 Å². The quantitative estimate of drug-likeness (QED) is 0.731. The molecule has 0 radical (unpaired) electrons. The van der Waals surface area contributed by atoms with Gasteiger partial charge in [0.25, 0.3) is 5.91 Å². The zero-order chi connectivity index (χ0) is 14.8. The second kappa shape index (κ2) is 5.50. The molecule has 104 valence electrons. The Hall–Kier alpha value is -2.46. The van der Waals surface area contributed by atoms with Crippen molar-refractivity contribution in [3.8, 4) is 0 Å². The number of rotatable bonds is 2. The van der Waals surface area contributed by atoms with Crippen molar-refractivity contribution in [2.75, 3.05) is 5.32 Å². The monoisotopic (exact) mass is 297 g/mol. The molecular weight excluding hydrogens is 286 g/mol. The third-order valence-corrected chi connectivity index (χ3v) is 3.34. The summed E-state index contributed by atoms with van der Waals surface area (Å²) in [6.07, 6.45) is 0. The Morgan fingerprint density at radius 2 is 1.90 bits per heavy atom. The summed E-state index contributed by atoms with van der Waals surface area (Å²) in [5, 5.41) is 4.73. The van der Waals surface area contributed by atoms with Crippen molar-refractivity contribution in [1.29, 1.82) is 0 Å². The van der Waals surface area contributed by atoms with Gasteiger partial charge in [0.1, 0.15) is 16.7 Å². The number of carbonyl (C=O) groups is 1. The lowest BCUT2D eigenvalue weighted by molar-refractivity contribution is 0.102. The predicted octanol–water partition coefficient (Wildman–Crippen LogP) is 3.84. The highest BCUT2D eigenvalue weighted by atomic mass is 35.5. The molecule has 1 aromatic carbocycles. The van der Waals surface area contributed by atoms with E-state index in [9.17, 15) is 4.79 Å². The number of amides is 1. The third-order valence-electron chi connectivity index (χ3n) is 3.06. The van der Waals surface area contributed by atoms with Crippen molar-refractivity contribution >= 4 is 34.1 Å². The van der Waals surface area contributed by atoms with Gasteiger partial charge in [0.2, 0.25) is 0 Å². The van der Waals surface area contributed by atoms with Gasteiger partial charge in [-0.2, -0.15) is 0 Å². The van der Waals surface area contributed by atoms with E-state index >= 15 is 0 Å². The van der Waals surface area contributed by atoms with Crippen LogP contribution in [0.1, 0.15) is 16.2 Å². The molecule has 1 N–H and O–H groups in total. The van der Waals surface area contributed by atoms with Crippen molar-refractivity contribution < 1.29 is 4.79 Å². The van der Waals surface area contributed by atoms with Crippen LogP contribution >= 0.6 is 11.6 Å². The number of benzene rings is 1. The molecule has 0 saturated heterocycles. The number of fused-ring (bicyclic) bond motifs is 1. The highest BCUT2D eigenvalue weighted by molar-refractivity contribution is 6.34. The van der Waals surface area contributed by atoms with E-state index in [0.717, 1.165) is 16.5 Å². The molecule has 0 spiro atoms. The molecule has 0 aliphatic heterocycles. The highest BCUT2D eigenvalue weighted by Gasteiger charge is 2.12. The summed E-state index contributed by atoms with van der Waals surface area (Å²) < 4.78 is 0. The van der Waals surface area contributed by atoms with Crippen LogP contribution in [0.2, 0.25) is 5.15 Å². The van der Waals surface area contributed by atoms with Crippen molar-refractivity contribution in [3.63, 3.8) is 0 Å². The lowest BCUT2D eigenvalue weighted by Gasteiger charge is -2.06. The molecule has 0 saturated carbocycles. The smallest absolute Gasteiger partial charge is 0.275 e. The second-order valence-electron chi connectivity index (χ2n) is 4.64. The minimum absolute atomic E-state index is 0.266. The lowest BCUT2D eigenvalue weighted by atomic mass is 10.1. The predicted molar refractivity (Wildman–Crippen MR) is 83.7 cm³/mol. The topological polar surface area (TPSA) is 54.9 Å². The van der Waals surface area contributed by atoms with E-state index < -0.39 is 0 Å². The van der Waals surface area contributed by atoms with E-state index in [1.807, 2.05) is 43.3 Å². The number of aromatic nitrogens is 2. The van der Waals surface area contributed by atoms with Gasteiger partial charge in [0.05, 0.1) is 0 Å². The Labute approximate surface area is 126 Å². The first kappa shape index (κ1) is 13.5. The third kappa shape index (κ3) is 2.85. The number of nitrogens with zero attached hydrogens (tertiary/aromatic N) is 2. The molecule has 2 aromatic heterocycles. The summed E-state index contributed by atoms with van der Waals surface area (Å²) in [6.45, 7) is 1.86. The molecule has 3 aromatic rings. The van der Waals surface area contributed by atoms with E-state index in [0.29, 0.717) is 11.0 Å². The molecule has 0 atom stereocenters. The summed E-state index contributed by atoms with van der Waals surface area (Å²) in [4.78, 5) is 20.6. The largest absolute Gasteiger partial charge is 0.305 e. The van der Waals surface area contributed by atoms with Crippen LogP contribution in [0.25, 0.3) is 10.8 Å². The van der Waals surface area contributed by atoms with Crippen LogP contribution in [-0.4, -0.2) is 15.9 Å². The van der Waals surface area contributed by atoms with Crippen LogP contribution in [0.4, 0.5) is 5.82 Å². The summed E-state index contributed by atoms with van der Waals surface area (Å²) >= 11 is 6.13. The van der Waals surface area contributed by atoms with Gasteiger partial charge in [-0.25, -0.2) is 9.97 Å².